The molecule has 1 aliphatic rings. The molecular formula is C8H10O4. The lowest BCUT2D eigenvalue weighted by Crippen LogP contribution is -2.20. The summed E-state index contributed by atoms with van der Waals surface area (Å²) in [4.78, 5) is 22.1. The van der Waals surface area contributed by atoms with Gasteiger partial charge in [0.05, 0.1) is 13.2 Å². The maximum atomic E-state index is 11.1. The van der Waals surface area contributed by atoms with Crippen LogP contribution in [-0.4, -0.2) is 25.0 Å². The van der Waals surface area contributed by atoms with Gasteiger partial charge in [-0.05, 0) is 6.92 Å². The summed E-state index contributed by atoms with van der Waals surface area (Å²) < 4.78 is 9.48. The summed E-state index contributed by atoms with van der Waals surface area (Å²) in [6.07, 6.45) is 1.43. The zero-order valence-electron chi connectivity index (χ0n) is 6.83. The van der Waals surface area contributed by atoms with Gasteiger partial charge in [0.15, 0.2) is 5.78 Å². The zero-order valence-corrected chi connectivity index (χ0v) is 6.83. The van der Waals surface area contributed by atoms with Crippen molar-refractivity contribution in [2.24, 2.45) is 0 Å². The molecule has 0 radical (unpaired) electrons. The van der Waals surface area contributed by atoms with Gasteiger partial charge in [-0.2, -0.15) is 0 Å². The highest BCUT2D eigenvalue weighted by molar-refractivity contribution is 6.17. The molecule has 1 heterocycles. The van der Waals surface area contributed by atoms with Crippen LogP contribution in [0.5, 0.6) is 0 Å². The van der Waals surface area contributed by atoms with Gasteiger partial charge in [0, 0.05) is 6.42 Å². The number of Topliss-reactive ketones (excluding diaryl/α,β-unsaturated/α-hetero) is 1. The number of ketones is 1. The maximum Gasteiger partial charge on any atom is 0.344 e. The van der Waals surface area contributed by atoms with E-state index in [1.807, 2.05) is 0 Å². The normalized spacial score (nSPS) is 16.4. The van der Waals surface area contributed by atoms with Crippen molar-refractivity contribution in [2.45, 2.75) is 13.3 Å². The van der Waals surface area contributed by atoms with E-state index in [2.05, 4.69) is 4.74 Å². The maximum absolute atomic E-state index is 11.1. The van der Waals surface area contributed by atoms with Crippen molar-refractivity contribution >= 4 is 11.8 Å². The highest BCUT2D eigenvalue weighted by Gasteiger charge is 2.22. The lowest BCUT2D eigenvalue weighted by Gasteiger charge is -2.10. The van der Waals surface area contributed by atoms with Crippen LogP contribution in [0.4, 0.5) is 0 Å². The zero-order chi connectivity index (χ0) is 8.97. The summed E-state index contributed by atoms with van der Waals surface area (Å²) in [5.41, 5.74) is 0.0168. The molecule has 1 aliphatic heterocycles. The molecule has 0 N–H and O–H groups in total. The highest BCUT2D eigenvalue weighted by atomic mass is 16.5. The molecule has 66 valence electrons. The molecule has 0 amide bonds. The second-order valence-electron chi connectivity index (χ2n) is 2.30. The van der Waals surface area contributed by atoms with Crippen molar-refractivity contribution in [1.82, 2.24) is 0 Å². The predicted octanol–water partition coefficient (Wildman–Crippen LogP) is 0.423. The van der Waals surface area contributed by atoms with Gasteiger partial charge in [-0.25, -0.2) is 4.79 Å². The Morgan fingerprint density at radius 1 is 1.75 bits per heavy atom. The van der Waals surface area contributed by atoms with Gasteiger partial charge in [0.25, 0.3) is 0 Å². The van der Waals surface area contributed by atoms with E-state index in [0.29, 0.717) is 6.61 Å². The molecule has 0 saturated carbocycles. The fraction of sp³-hybridized carbons (Fsp3) is 0.500. The molecule has 0 fully saturated rings. The molecule has 4 heteroatoms. The molecule has 0 aromatic heterocycles. The number of carbonyl (C=O) groups is 2. The van der Waals surface area contributed by atoms with E-state index in [0.717, 1.165) is 0 Å². The summed E-state index contributed by atoms with van der Waals surface area (Å²) in [5, 5.41) is 0. The topological polar surface area (TPSA) is 52.6 Å². The minimum atomic E-state index is -0.595. The summed E-state index contributed by atoms with van der Waals surface area (Å²) >= 11 is 0. The van der Waals surface area contributed by atoms with Crippen LogP contribution >= 0.6 is 0 Å². The summed E-state index contributed by atoms with van der Waals surface area (Å²) in [5.74, 6) is -0.804. The lowest BCUT2D eigenvalue weighted by atomic mass is 10.1. The number of hydrogen-bond donors (Lipinski definition) is 0. The van der Waals surface area contributed by atoms with Gasteiger partial charge in [0.2, 0.25) is 0 Å². The standard InChI is InChI=1S/C8H10O4/c1-2-12-8(10)6-5-11-4-3-7(6)9/h5H,2-4H2,1H3. The number of carbonyl (C=O) groups excluding carboxylic acids is 2. The smallest absolute Gasteiger partial charge is 0.344 e. The van der Waals surface area contributed by atoms with Crippen molar-refractivity contribution in [3.8, 4) is 0 Å². The van der Waals surface area contributed by atoms with Gasteiger partial charge in [-0.3, -0.25) is 4.79 Å². The quantitative estimate of drug-likeness (QED) is 0.445. The molecule has 0 aromatic rings. The third-order valence-electron chi connectivity index (χ3n) is 1.44. The van der Waals surface area contributed by atoms with Gasteiger partial charge < -0.3 is 9.47 Å². The Kier molecular flexibility index (Phi) is 2.85. The summed E-state index contributed by atoms with van der Waals surface area (Å²) in [6, 6.07) is 0. The lowest BCUT2D eigenvalue weighted by molar-refractivity contribution is -0.140. The Morgan fingerprint density at radius 2 is 2.50 bits per heavy atom. The van der Waals surface area contributed by atoms with Crippen molar-refractivity contribution in [3.63, 3.8) is 0 Å². The van der Waals surface area contributed by atoms with Crippen molar-refractivity contribution in [3.05, 3.63) is 11.8 Å². The Labute approximate surface area is 70.1 Å². The average Bonchev–Trinajstić information content (AvgIpc) is 2.05. The SMILES string of the molecule is CCOC(=O)C1=COCCC1=O. The number of rotatable bonds is 2. The Hall–Kier alpha value is -1.32. The molecule has 12 heavy (non-hydrogen) atoms. The van der Waals surface area contributed by atoms with E-state index < -0.39 is 5.97 Å². The molecule has 4 nitrogen and oxygen atoms in total. The van der Waals surface area contributed by atoms with Crippen LogP contribution in [0.2, 0.25) is 0 Å². The Balaban J connectivity index is 2.65. The number of ether oxygens (including phenoxy) is 2. The van der Waals surface area contributed by atoms with E-state index in [4.69, 9.17) is 4.74 Å². The summed E-state index contributed by atoms with van der Waals surface area (Å²) in [6.45, 7) is 2.30. The van der Waals surface area contributed by atoms with Crippen LogP contribution in [0.3, 0.4) is 0 Å². The largest absolute Gasteiger partial charge is 0.500 e. The molecule has 1 rings (SSSR count). The van der Waals surface area contributed by atoms with Gasteiger partial charge in [0.1, 0.15) is 11.8 Å². The molecule has 0 bridgehead atoms. The molecule has 0 saturated heterocycles. The minimum absolute atomic E-state index is 0.0168. The third-order valence-corrected chi connectivity index (χ3v) is 1.44. The molecular weight excluding hydrogens is 160 g/mol. The monoisotopic (exact) mass is 170 g/mol. The first-order chi connectivity index (χ1) is 5.75. The molecule has 0 aliphatic carbocycles. The van der Waals surface area contributed by atoms with Crippen LogP contribution in [-0.2, 0) is 19.1 Å². The number of esters is 1. The second kappa shape index (κ2) is 3.90. The van der Waals surface area contributed by atoms with Crippen molar-refractivity contribution in [1.29, 1.82) is 0 Å². The number of hydrogen-bond acceptors (Lipinski definition) is 4. The minimum Gasteiger partial charge on any atom is -0.500 e. The van der Waals surface area contributed by atoms with E-state index >= 15 is 0 Å². The van der Waals surface area contributed by atoms with Crippen molar-refractivity contribution in [2.75, 3.05) is 13.2 Å². The third kappa shape index (κ3) is 1.84. The van der Waals surface area contributed by atoms with Crippen LogP contribution in [0.25, 0.3) is 0 Å². The van der Waals surface area contributed by atoms with Crippen LogP contribution in [0, 0.1) is 0 Å². The van der Waals surface area contributed by atoms with E-state index in [9.17, 15) is 9.59 Å². The first kappa shape index (κ1) is 8.77. The van der Waals surface area contributed by atoms with E-state index in [1.54, 1.807) is 6.92 Å². The first-order valence-electron chi connectivity index (χ1n) is 3.77. The average molecular weight is 170 g/mol. The molecule has 0 atom stereocenters. The molecule has 0 aromatic carbocycles. The van der Waals surface area contributed by atoms with E-state index in [-0.39, 0.29) is 24.4 Å². The van der Waals surface area contributed by atoms with Gasteiger partial charge >= 0.3 is 5.97 Å². The van der Waals surface area contributed by atoms with E-state index in [1.165, 1.54) is 6.26 Å². The van der Waals surface area contributed by atoms with Gasteiger partial charge in [-0.1, -0.05) is 0 Å². The Morgan fingerprint density at radius 3 is 3.08 bits per heavy atom. The Bertz CT molecular complexity index is 229. The predicted molar refractivity (Wildman–Crippen MR) is 40.3 cm³/mol. The van der Waals surface area contributed by atoms with Crippen LogP contribution in [0.15, 0.2) is 11.8 Å². The van der Waals surface area contributed by atoms with Gasteiger partial charge in [-0.15, -0.1) is 0 Å². The molecule has 0 unspecified atom stereocenters. The van der Waals surface area contributed by atoms with Crippen molar-refractivity contribution < 1.29 is 19.1 Å². The first-order valence-corrected chi connectivity index (χ1v) is 3.77. The molecule has 0 spiro atoms. The second-order valence-corrected chi connectivity index (χ2v) is 2.30. The highest BCUT2D eigenvalue weighted by Crippen LogP contribution is 2.09. The fourth-order valence-electron chi connectivity index (χ4n) is 0.865. The van der Waals surface area contributed by atoms with Crippen LogP contribution < -0.4 is 0 Å². The van der Waals surface area contributed by atoms with Crippen LogP contribution in [0.1, 0.15) is 13.3 Å². The fourth-order valence-corrected chi connectivity index (χ4v) is 0.865. The summed E-state index contributed by atoms with van der Waals surface area (Å²) in [7, 11) is 0.